The third-order valence-corrected chi connectivity index (χ3v) is 2.75. The molecule has 14 heavy (non-hydrogen) atoms. The minimum Gasteiger partial charge on any atom is -0.385 e. The molecule has 4 heteroatoms. The van der Waals surface area contributed by atoms with E-state index in [1.165, 1.54) is 12.8 Å². The van der Waals surface area contributed by atoms with Crippen molar-refractivity contribution in [2.75, 3.05) is 7.05 Å². The third kappa shape index (κ3) is 2.48. The number of hydrogen-bond acceptors (Lipinski definition) is 4. The highest BCUT2D eigenvalue weighted by Crippen LogP contribution is 2.20. The Bertz CT molecular complexity index is 241. The lowest BCUT2D eigenvalue weighted by Gasteiger charge is -2.24. The molecular weight excluding hydrogens is 176 g/mol. The van der Waals surface area contributed by atoms with Gasteiger partial charge in [-0.15, -0.1) is 0 Å². The molecule has 0 radical (unpaired) electrons. The summed E-state index contributed by atoms with van der Waals surface area (Å²) in [6.07, 6.45) is 5.26. The highest BCUT2D eigenvalue weighted by atomic mass is 14.9. The average Bonchev–Trinajstić information content (AvgIpc) is 2.10. The van der Waals surface area contributed by atoms with Gasteiger partial charge in [-0.25, -0.2) is 0 Å². The molecule has 1 unspecified atom stereocenters. The maximum absolute atomic E-state index is 7.89. The van der Waals surface area contributed by atoms with Gasteiger partial charge in [-0.1, -0.05) is 12.8 Å². The van der Waals surface area contributed by atoms with Crippen LogP contribution in [-0.4, -0.2) is 18.8 Å². The van der Waals surface area contributed by atoms with Crippen LogP contribution in [0, 0.1) is 5.41 Å². The topological polar surface area (TPSA) is 87.9 Å². The van der Waals surface area contributed by atoms with E-state index in [2.05, 4.69) is 5.32 Å². The van der Waals surface area contributed by atoms with Crippen molar-refractivity contribution >= 4 is 5.71 Å². The Morgan fingerprint density at radius 2 is 2.07 bits per heavy atom. The summed E-state index contributed by atoms with van der Waals surface area (Å²) in [5.41, 5.74) is 12.7. The van der Waals surface area contributed by atoms with E-state index in [1.54, 1.807) is 0 Å². The number of nitrogens with two attached hydrogens (primary N) is 2. The van der Waals surface area contributed by atoms with Gasteiger partial charge in [0.15, 0.2) is 0 Å². The Balaban J connectivity index is 2.88. The standard InChI is InChI=1S/C10H20N4/c1-14-8-6-4-2-3-5-7(11)9(8)10(12)13/h8,11,14H,2-6,12-13H2,1H3. The van der Waals surface area contributed by atoms with E-state index < -0.39 is 0 Å². The average molecular weight is 196 g/mol. The minimum absolute atomic E-state index is 0.160. The fourth-order valence-corrected chi connectivity index (χ4v) is 1.98. The predicted octanol–water partition coefficient (Wildman–Crippen LogP) is 0.687. The molecule has 0 saturated heterocycles. The summed E-state index contributed by atoms with van der Waals surface area (Å²) in [6, 6.07) is 0.160. The van der Waals surface area contributed by atoms with Crippen LogP contribution in [0.25, 0.3) is 0 Å². The second-order valence-corrected chi connectivity index (χ2v) is 3.79. The van der Waals surface area contributed by atoms with E-state index >= 15 is 0 Å². The highest BCUT2D eigenvalue weighted by molar-refractivity contribution is 5.99. The molecule has 0 bridgehead atoms. The smallest absolute Gasteiger partial charge is 0.100 e. The molecular formula is C10H20N4. The van der Waals surface area contributed by atoms with Crippen molar-refractivity contribution in [3.05, 3.63) is 11.4 Å². The van der Waals surface area contributed by atoms with Crippen LogP contribution in [0.2, 0.25) is 0 Å². The fourth-order valence-electron chi connectivity index (χ4n) is 1.98. The van der Waals surface area contributed by atoms with Gasteiger partial charge >= 0.3 is 0 Å². The van der Waals surface area contributed by atoms with Gasteiger partial charge in [-0.05, 0) is 26.3 Å². The number of rotatable bonds is 1. The van der Waals surface area contributed by atoms with Crippen LogP contribution in [0.1, 0.15) is 32.1 Å². The van der Waals surface area contributed by atoms with Crippen molar-refractivity contribution in [3.63, 3.8) is 0 Å². The summed E-state index contributed by atoms with van der Waals surface area (Å²) in [4.78, 5) is 0. The Kier molecular flexibility index (Phi) is 3.95. The van der Waals surface area contributed by atoms with E-state index in [0.29, 0.717) is 11.5 Å². The summed E-state index contributed by atoms with van der Waals surface area (Å²) in [5, 5.41) is 11.1. The SMILES string of the molecule is CNC1CCCCCC(=N)C1=C(N)N. The molecule has 0 aromatic rings. The first-order chi connectivity index (χ1) is 6.66. The van der Waals surface area contributed by atoms with Crippen LogP contribution in [0.5, 0.6) is 0 Å². The van der Waals surface area contributed by atoms with Crippen molar-refractivity contribution in [2.45, 2.75) is 38.1 Å². The van der Waals surface area contributed by atoms with E-state index in [9.17, 15) is 0 Å². The summed E-state index contributed by atoms with van der Waals surface area (Å²) in [7, 11) is 1.89. The van der Waals surface area contributed by atoms with Gasteiger partial charge in [0.1, 0.15) is 5.82 Å². The van der Waals surface area contributed by atoms with Gasteiger partial charge in [0.05, 0.1) is 0 Å². The molecule has 1 aliphatic rings. The zero-order valence-corrected chi connectivity index (χ0v) is 8.77. The molecule has 0 amide bonds. The Hall–Kier alpha value is -1.03. The van der Waals surface area contributed by atoms with Gasteiger partial charge in [0.25, 0.3) is 0 Å². The van der Waals surface area contributed by atoms with Gasteiger partial charge in [-0.2, -0.15) is 0 Å². The van der Waals surface area contributed by atoms with Crippen molar-refractivity contribution in [2.24, 2.45) is 11.5 Å². The molecule has 4 nitrogen and oxygen atoms in total. The first-order valence-corrected chi connectivity index (χ1v) is 5.17. The van der Waals surface area contributed by atoms with Gasteiger partial charge in [0, 0.05) is 17.3 Å². The van der Waals surface area contributed by atoms with Crippen LogP contribution in [0.15, 0.2) is 11.4 Å². The van der Waals surface area contributed by atoms with E-state index in [-0.39, 0.29) is 6.04 Å². The van der Waals surface area contributed by atoms with Gasteiger partial charge < -0.3 is 22.2 Å². The molecule has 0 spiro atoms. The van der Waals surface area contributed by atoms with Crippen LogP contribution in [-0.2, 0) is 0 Å². The Morgan fingerprint density at radius 1 is 1.36 bits per heavy atom. The second-order valence-electron chi connectivity index (χ2n) is 3.79. The summed E-state index contributed by atoms with van der Waals surface area (Å²) >= 11 is 0. The number of hydrogen-bond donors (Lipinski definition) is 4. The maximum atomic E-state index is 7.89. The van der Waals surface area contributed by atoms with Crippen molar-refractivity contribution in [1.82, 2.24) is 5.32 Å². The lowest BCUT2D eigenvalue weighted by Crippen LogP contribution is -2.35. The fraction of sp³-hybridized carbons (Fsp3) is 0.700. The molecule has 0 aliphatic heterocycles. The molecule has 1 atom stereocenters. The van der Waals surface area contributed by atoms with Gasteiger partial charge in [0.2, 0.25) is 0 Å². The second kappa shape index (κ2) is 5.00. The normalized spacial score (nSPS) is 24.2. The van der Waals surface area contributed by atoms with Crippen molar-refractivity contribution in [1.29, 1.82) is 5.41 Å². The largest absolute Gasteiger partial charge is 0.385 e. The van der Waals surface area contributed by atoms with Crippen LogP contribution < -0.4 is 16.8 Å². The van der Waals surface area contributed by atoms with Crippen molar-refractivity contribution < 1.29 is 0 Å². The first kappa shape index (κ1) is 11.0. The quantitative estimate of drug-likeness (QED) is 0.497. The monoisotopic (exact) mass is 196 g/mol. The van der Waals surface area contributed by atoms with Crippen LogP contribution in [0.4, 0.5) is 0 Å². The highest BCUT2D eigenvalue weighted by Gasteiger charge is 2.20. The molecule has 0 aromatic heterocycles. The Labute approximate surface area is 85.2 Å². The summed E-state index contributed by atoms with van der Waals surface area (Å²) < 4.78 is 0. The summed E-state index contributed by atoms with van der Waals surface area (Å²) in [6.45, 7) is 0. The zero-order chi connectivity index (χ0) is 10.6. The minimum atomic E-state index is 0.160. The predicted molar refractivity (Wildman–Crippen MR) is 59.1 cm³/mol. The number of likely N-dealkylation sites (N-methyl/N-ethyl adjacent to an activating group) is 1. The molecule has 1 aliphatic carbocycles. The van der Waals surface area contributed by atoms with E-state index in [4.69, 9.17) is 16.9 Å². The molecule has 1 rings (SSSR count). The van der Waals surface area contributed by atoms with Crippen LogP contribution in [0.3, 0.4) is 0 Å². The number of nitrogens with one attached hydrogen (secondary N) is 2. The Morgan fingerprint density at radius 3 is 2.64 bits per heavy atom. The lowest BCUT2D eigenvalue weighted by atomic mass is 9.90. The van der Waals surface area contributed by atoms with Crippen LogP contribution >= 0.6 is 0 Å². The molecule has 1 saturated carbocycles. The van der Waals surface area contributed by atoms with Gasteiger partial charge in [-0.3, -0.25) is 0 Å². The third-order valence-electron chi connectivity index (χ3n) is 2.75. The first-order valence-electron chi connectivity index (χ1n) is 5.17. The van der Waals surface area contributed by atoms with Crippen molar-refractivity contribution in [3.8, 4) is 0 Å². The summed E-state index contributed by atoms with van der Waals surface area (Å²) in [5.74, 6) is 0.302. The van der Waals surface area contributed by atoms with E-state index in [0.717, 1.165) is 24.8 Å². The molecule has 0 aromatic carbocycles. The zero-order valence-electron chi connectivity index (χ0n) is 8.77. The molecule has 6 N–H and O–H groups in total. The lowest BCUT2D eigenvalue weighted by molar-refractivity contribution is 0.532. The maximum Gasteiger partial charge on any atom is 0.100 e. The molecule has 1 fully saturated rings. The molecule has 80 valence electrons. The molecule has 0 heterocycles. The van der Waals surface area contributed by atoms with E-state index in [1.807, 2.05) is 7.05 Å².